The number of unbranched alkanes of at least 4 members (excludes halogenated alkanes) is 1. The van der Waals surface area contributed by atoms with Crippen molar-refractivity contribution in [1.82, 2.24) is 10.6 Å². The van der Waals surface area contributed by atoms with E-state index < -0.39 is 12.1 Å². The van der Waals surface area contributed by atoms with E-state index in [1.165, 1.54) is 0 Å². The Balaban J connectivity index is 2.57. The quantitative estimate of drug-likeness (QED) is 0.412. The molecule has 3 N–H and O–H groups in total. The smallest absolute Gasteiger partial charge is 0.345 e. The summed E-state index contributed by atoms with van der Waals surface area (Å²) in [5.74, 6) is 0. The van der Waals surface area contributed by atoms with Gasteiger partial charge in [-0.15, -0.1) is 4.99 Å². The molecule has 0 radical (unpaired) electrons. The normalized spacial score (nSPS) is 10.8. The number of ether oxygens (including phenoxy) is 1. The average molecular weight is 385 g/mol. The van der Waals surface area contributed by atoms with Gasteiger partial charge in [-0.05, 0) is 37.6 Å². The molecule has 7 nitrogen and oxygen atoms in total. The van der Waals surface area contributed by atoms with Crippen molar-refractivity contribution in [2.45, 2.75) is 26.7 Å². The van der Waals surface area contributed by atoms with Gasteiger partial charge >= 0.3 is 18.1 Å². The average Bonchev–Trinajstić information content (AvgIpc) is 2.50. The number of anilines is 1. The fourth-order valence-corrected chi connectivity index (χ4v) is 1.79. The lowest BCUT2D eigenvalue weighted by Crippen LogP contribution is -2.37. The molecule has 1 rings (SSSR count). The van der Waals surface area contributed by atoms with Crippen molar-refractivity contribution < 1.29 is 14.3 Å². The lowest BCUT2D eigenvalue weighted by Gasteiger charge is -2.10. The lowest BCUT2D eigenvalue weighted by molar-refractivity contribution is 0.244. The van der Waals surface area contributed by atoms with Crippen molar-refractivity contribution in [3.8, 4) is 0 Å². The highest BCUT2D eigenvalue weighted by Gasteiger charge is 2.09. The van der Waals surface area contributed by atoms with Crippen LogP contribution in [0.15, 0.2) is 33.7 Å². The molecule has 0 bridgehead atoms. The first kappa shape index (κ1) is 19.0. The second kappa shape index (κ2) is 10.6. The Hall–Kier alpha value is -2.09. The van der Waals surface area contributed by atoms with Crippen LogP contribution in [0.1, 0.15) is 26.7 Å². The summed E-state index contributed by atoms with van der Waals surface area (Å²) in [7, 11) is 0. The van der Waals surface area contributed by atoms with Crippen LogP contribution in [0.2, 0.25) is 0 Å². The third-order valence-electron chi connectivity index (χ3n) is 2.61. The molecule has 4 amide bonds. The molecule has 126 valence electrons. The molecule has 0 fully saturated rings. The Bertz CT molecular complexity index is 546. The highest BCUT2D eigenvalue weighted by Crippen LogP contribution is 2.13. The first-order valence-corrected chi connectivity index (χ1v) is 8.17. The van der Waals surface area contributed by atoms with Crippen LogP contribution in [0.5, 0.6) is 0 Å². The van der Waals surface area contributed by atoms with Crippen LogP contribution in [-0.2, 0) is 4.74 Å². The monoisotopic (exact) mass is 384 g/mol. The summed E-state index contributed by atoms with van der Waals surface area (Å²) in [5.41, 5.74) is 0.606. The zero-order valence-corrected chi connectivity index (χ0v) is 14.8. The second-order valence-corrected chi connectivity index (χ2v) is 5.44. The fraction of sp³-hybridized carbons (Fsp3) is 0.400. The Labute approximate surface area is 144 Å². The molecule has 0 heterocycles. The standard InChI is InChI=1S/C15H21BrN4O3/c1-3-5-10-17-13(21)19-15(23-4-2)20-14(22)18-12-8-6-11(16)7-9-12/h6-9H,3-5,10H2,1-2H3,(H3,17,18,19,20,21,22). The summed E-state index contributed by atoms with van der Waals surface area (Å²) < 4.78 is 6.06. The van der Waals surface area contributed by atoms with Crippen LogP contribution >= 0.6 is 15.9 Å². The molecular weight excluding hydrogens is 364 g/mol. The van der Waals surface area contributed by atoms with Crippen molar-refractivity contribution in [2.24, 2.45) is 4.99 Å². The summed E-state index contributed by atoms with van der Waals surface area (Å²) in [4.78, 5) is 27.2. The molecule has 0 unspecified atom stereocenters. The molecule has 0 saturated heterocycles. The maximum atomic E-state index is 11.9. The SMILES string of the molecule is CCCCNC(=O)N=C(NC(=O)Nc1ccc(Br)cc1)OCC. The van der Waals surface area contributed by atoms with E-state index in [0.717, 1.165) is 17.3 Å². The third kappa shape index (κ3) is 8.20. The first-order chi connectivity index (χ1) is 11.0. The number of carbonyl (C=O) groups excluding carboxylic acids is 2. The summed E-state index contributed by atoms with van der Waals surface area (Å²) >= 11 is 3.31. The van der Waals surface area contributed by atoms with Crippen molar-refractivity contribution in [1.29, 1.82) is 0 Å². The van der Waals surface area contributed by atoms with Crippen LogP contribution in [0, 0.1) is 0 Å². The van der Waals surface area contributed by atoms with Gasteiger partial charge in [-0.3, -0.25) is 5.32 Å². The first-order valence-electron chi connectivity index (χ1n) is 7.38. The number of rotatable bonds is 5. The van der Waals surface area contributed by atoms with E-state index in [-0.39, 0.29) is 12.6 Å². The van der Waals surface area contributed by atoms with E-state index in [1.54, 1.807) is 31.2 Å². The van der Waals surface area contributed by atoms with E-state index in [1.807, 2.05) is 6.92 Å². The summed E-state index contributed by atoms with van der Waals surface area (Å²) in [6.07, 6.45) is 1.83. The Morgan fingerprint density at radius 2 is 1.91 bits per heavy atom. The zero-order chi connectivity index (χ0) is 17.1. The Morgan fingerprint density at radius 1 is 1.22 bits per heavy atom. The number of aliphatic imine (C=N–C) groups is 1. The number of amides is 4. The Morgan fingerprint density at radius 3 is 2.52 bits per heavy atom. The van der Waals surface area contributed by atoms with Gasteiger partial charge in [0, 0.05) is 16.7 Å². The molecule has 0 aliphatic carbocycles. The second-order valence-electron chi connectivity index (χ2n) is 4.52. The van der Waals surface area contributed by atoms with Crippen LogP contribution in [0.4, 0.5) is 15.3 Å². The highest BCUT2D eigenvalue weighted by molar-refractivity contribution is 9.10. The van der Waals surface area contributed by atoms with E-state index >= 15 is 0 Å². The molecular formula is C15H21BrN4O3. The highest BCUT2D eigenvalue weighted by atomic mass is 79.9. The number of amidine groups is 1. The van der Waals surface area contributed by atoms with Crippen molar-refractivity contribution in [3.05, 3.63) is 28.7 Å². The van der Waals surface area contributed by atoms with Gasteiger partial charge in [-0.1, -0.05) is 29.3 Å². The van der Waals surface area contributed by atoms with Gasteiger partial charge in [0.15, 0.2) is 0 Å². The van der Waals surface area contributed by atoms with Crippen LogP contribution in [0.3, 0.4) is 0 Å². The van der Waals surface area contributed by atoms with Crippen LogP contribution < -0.4 is 16.0 Å². The largest absolute Gasteiger partial charge is 0.465 e. The maximum Gasteiger partial charge on any atom is 0.345 e. The Kier molecular flexibility index (Phi) is 8.74. The lowest BCUT2D eigenvalue weighted by atomic mass is 10.3. The van der Waals surface area contributed by atoms with Gasteiger partial charge in [0.05, 0.1) is 6.61 Å². The van der Waals surface area contributed by atoms with Crippen LogP contribution in [0.25, 0.3) is 0 Å². The predicted molar refractivity (Wildman–Crippen MR) is 93.7 cm³/mol. The fourth-order valence-electron chi connectivity index (χ4n) is 1.53. The number of urea groups is 2. The van der Waals surface area contributed by atoms with E-state index in [9.17, 15) is 9.59 Å². The number of benzene rings is 1. The molecule has 1 aromatic carbocycles. The summed E-state index contributed by atoms with van der Waals surface area (Å²) in [5, 5.41) is 7.65. The molecule has 23 heavy (non-hydrogen) atoms. The van der Waals surface area contributed by atoms with Crippen LogP contribution in [-0.4, -0.2) is 31.2 Å². The minimum absolute atomic E-state index is 0.142. The molecule has 0 aliphatic heterocycles. The predicted octanol–water partition coefficient (Wildman–Crippen LogP) is 3.47. The molecule has 0 aromatic heterocycles. The van der Waals surface area contributed by atoms with Gasteiger partial charge in [0.2, 0.25) is 0 Å². The van der Waals surface area contributed by atoms with Gasteiger partial charge in [-0.25, -0.2) is 9.59 Å². The minimum atomic E-state index is -0.550. The molecule has 1 aromatic rings. The topological polar surface area (TPSA) is 91.8 Å². The molecule has 0 saturated carbocycles. The summed E-state index contributed by atoms with van der Waals surface area (Å²) in [6, 6.07) is 5.84. The third-order valence-corrected chi connectivity index (χ3v) is 3.14. The van der Waals surface area contributed by atoms with Gasteiger partial charge < -0.3 is 15.4 Å². The maximum absolute atomic E-state index is 11.9. The van der Waals surface area contributed by atoms with E-state index in [0.29, 0.717) is 12.2 Å². The number of nitrogens with one attached hydrogen (secondary N) is 3. The number of nitrogens with zero attached hydrogens (tertiary/aromatic N) is 1. The van der Waals surface area contributed by atoms with E-state index in [2.05, 4.69) is 36.9 Å². The number of hydrogen-bond donors (Lipinski definition) is 3. The van der Waals surface area contributed by atoms with Crippen molar-refractivity contribution >= 4 is 39.7 Å². The number of hydrogen-bond acceptors (Lipinski definition) is 3. The number of halogens is 1. The van der Waals surface area contributed by atoms with Gasteiger partial charge in [0.25, 0.3) is 0 Å². The van der Waals surface area contributed by atoms with Crippen molar-refractivity contribution in [3.63, 3.8) is 0 Å². The van der Waals surface area contributed by atoms with Gasteiger partial charge in [0.1, 0.15) is 0 Å². The molecule has 0 aliphatic rings. The minimum Gasteiger partial charge on any atom is -0.465 e. The number of carbonyl (C=O) groups is 2. The molecule has 0 spiro atoms. The zero-order valence-electron chi connectivity index (χ0n) is 13.2. The molecule has 0 atom stereocenters. The van der Waals surface area contributed by atoms with Crippen molar-refractivity contribution in [2.75, 3.05) is 18.5 Å². The molecule has 8 heteroatoms. The van der Waals surface area contributed by atoms with E-state index in [4.69, 9.17) is 4.74 Å². The van der Waals surface area contributed by atoms with Gasteiger partial charge in [-0.2, -0.15) is 0 Å². The summed E-state index contributed by atoms with van der Waals surface area (Å²) in [6.45, 7) is 4.57.